The third kappa shape index (κ3) is 6.63. The summed E-state index contributed by atoms with van der Waals surface area (Å²) in [5, 5.41) is 3.05. The van der Waals surface area contributed by atoms with Crippen molar-refractivity contribution in [1.29, 1.82) is 0 Å². The highest BCUT2D eigenvalue weighted by atomic mass is 16.1. The summed E-state index contributed by atoms with van der Waals surface area (Å²) in [5.74, 6) is 0.0447. The summed E-state index contributed by atoms with van der Waals surface area (Å²) in [5.41, 5.74) is 7.43. The average Bonchev–Trinajstić information content (AvgIpc) is 2.46. The Kier molecular flexibility index (Phi) is 7.83. The number of para-hydroxylation sites is 1. The summed E-state index contributed by atoms with van der Waals surface area (Å²) in [4.78, 5) is 14.4. The van der Waals surface area contributed by atoms with E-state index in [1.165, 1.54) is 0 Å². The van der Waals surface area contributed by atoms with Crippen LogP contribution in [0.1, 0.15) is 39.2 Å². The molecule has 118 valence electrons. The van der Waals surface area contributed by atoms with Crippen molar-refractivity contribution in [2.24, 2.45) is 0 Å². The molecular weight excluding hydrogens is 262 g/mol. The molecule has 4 heteroatoms. The number of nitrogen functional groups attached to an aromatic ring is 1. The van der Waals surface area contributed by atoms with E-state index in [2.05, 4.69) is 31.0 Å². The van der Waals surface area contributed by atoms with Crippen molar-refractivity contribution in [1.82, 2.24) is 10.2 Å². The van der Waals surface area contributed by atoms with Crippen molar-refractivity contribution in [2.75, 3.05) is 25.4 Å². The van der Waals surface area contributed by atoms with Crippen LogP contribution in [0.2, 0.25) is 0 Å². The Hall–Kier alpha value is -1.55. The van der Waals surface area contributed by atoms with Crippen LogP contribution in [-0.2, 0) is 11.2 Å². The van der Waals surface area contributed by atoms with Crippen molar-refractivity contribution < 1.29 is 4.79 Å². The van der Waals surface area contributed by atoms with Crippen LogP contribution in [0.5, 0.6) is 0 Å². The lowest BCUT2D eigenvalue weighted by atomic mass is 10.1. The second-order valence-electron chi connectivity index (χ2n) is 5.51. The van der Waals surface area contributed by atoms with E-state index < -0.39 is 0 Å². The van der Waals surface area contributed by atoms with Crippen LogP contribution in [0.4, 0.5) is 5.69 Å². The molecule has 21 heavy (non-hydrogen) atoms. The topological polar surface area (TPSA) is 58.4 Å². The zero-order valence-corrected chi connectivity index (χ0v) is 13.6. The van der Waals surface area contributed by atoms with Crippen molar-refractivity contribution >= 4 is 11.6 Å². The molecule has 0 saturated heterocycles. The number of carbonyl (C=O) groups excluding carboxylic acids is 1. The molecule has 1 amide bonds. The van der Waals surface area contributed by atoms with Gasteiger partial charge in [0.25, 0.3) is 0 Å². The van der Waals surface area contributed by atoms with Gasteiger partial charge in [0.2, 0.25) is 5.91 Å². The van der Waals surface area contributed by atoms with Gasteiger partial charge < -0.3 is 16.0 Å². The van der Waals surface area contributed by atoms with Crippen LogP contribution in [-0.4, -0.2) is 36.5 Å². The first-order chi connectivity index (χ1) is 10.1. The Morgan fingerprint density at radius 2 is 1.95 bits per heavy atom. The van der Waals surface area contributed by atoms with Gasteiger partial charge in [-0.15, -0.1) is 0 Å². The molecule has 1 rings (SSSR count). The molecule has 0 aromatic heterocycles. The third-order valence-corrected chi connectivity index (χ3v) is 3.82. The van der Waals surface area contributed by atoms with E-state index >= 15 is 0 Å². The van der Waals surface area contributed by atoms with Crippen LogP contribution in [0.15, 0.2) is 24.3 Å². The highest BCUT2D eigenvalue weighted by molar-refractivity contribution is 5.80. The Morgan fingerprint density at radius 1 is 1.29 bits per heavy atom. The maximum Gasteiger partial charge on any atom is 0.224 e. The van der Waals surface area contributed by atoms with Gasteiger partial charge >= 0.3 is 0 Å². The number of hydrogen-bond donors (Lipinski definition) is 2. The molecule has 1 unspecified atom stereocenters. The number of hydrogen-bond acceptors (Lipinski definition) is 3. The lowest BCUT2D eigenvalue weighted by Gasteiger charge is -2.19. The number of carbonyl (C=O) groups is 1. The van der Waals surface area contributed by atoms with Crippen molar-refractivity contribution in [3.05, 3.63) is 29.8 Å². The Labute approximate surface area is 128 Å². The number of nitrogens with two attached hydrogens (primary N) is 1. The van der Waals surface area contributed by atoms with E-state index in [9.17, 15) is 4.79 Å². The van der Waals surface area contributed by atoms with E-state index in [0.717, 1.165) is 38.0 Å². The minimum absolute atomic E-state index is 0.0447. The van der Waals surface area contributed by atoms with Gasteiger partial charge in [-0.25, -0.2) is 0 Å². The molecular formula is C17H29N3O. The quantitative estimate of drug-likeness (QED) is 0.687. The Balaban J connectivity index is 2.29. The zero-order chi connectivity index (χ0) is 15.7. The molecule has 0 aliphatic heterocycles. The summed E-state index contributed by atoms with van der Waals surface area (Å²) in [6.45, 7) is 9.69. The molecule has 0 fully saturated rings. The monoisotopic (exact) mass is 291 g/mol. The summed E-state index contributed by atoms with van der Waals surface area (Å²) >= 11 is 0. The minimum atomic E-state index is 0.0447. The van der Waals surface area contributed by atoms with Crippen LogP contribution in [0.3, 0.4) is 0 Å². The predicted molar refractivity (Wildman–Crippen MR) is 89.2 cm³/mol. The molecule has 0 heterocycles. The fraction of sp³-hybridized carbons (Fsp3) is 0.588. The Morgan fingerprint density at radius 3 is 2.57 bits per heavy atom. The second kappa shape index (κ2) is 9.40. The van der Waals surface area contributed by atoms with Gasteiger partial charge in [-0.2, -0.15) is 0 Å². The molecule has 1 atom stereocenters. The molecule has 0 radical (unpaired) electrons. The summed E-state index contributed by atoms with van der Waals surface area (Å²) in [6.07, 6.45) is 2.47. The lowest BCUT2D eigenvalue weighted by Crippen LogP contribution is -2.34. The van der Waals surface area contributed by atoms with Gasteiger partial charge in [-0.05, 0) is 51.0 Å². The number of nitrogens with zero attached hydrogens (tertiary/aromatic N) is 1. The average molecular weight is 291 g/mol. The van der Waals surface area contributed by atoms with Gasteiger partial charge in [0.15, 0.2) is 0 Å². The zero-order valence-electron chi connectivity index (χ0n) is 13.6. The second-order valence-corrected chi connectivity index (χ2v) is 5.51. The number of amides is 1. The SMILES string of the molecule is CCN(CC)CCCC(C)NC(=O)Cc1ccccc1N. The number of nitrogens with one attached hydrogen (secondary N) is 1. The molecule has 3 N–H and O–H groups in total. The first-order valence-corrected chi connectivity index (χ1v) is 7.91. The third-order valence-electron chi connectivity index (χ3n) is 3.82. The maximum absolute atomic E-state index is 12.0. The molecule has 0 saturated carbocycles. The smallest absolute Gasteiger partial charge is 0.224 e. The summed E-state index contributed by atoms with van der Waals surface area (Å²) in [6, 6.07) is 7.73. The standard InChI is InChI=1S/C17H29N3O/c1-4-20(5-2)12-8-9-14(3)19-17(21)13-15-10-6-7-11-16(15)18/h6-7,10-11,14H,4-5,8-9,12-13,18H2,1-3H3,(H,19,21). The molecule has 1 aromatic carbocycles. The van der Waals surface area contributed by atoms with E-state index in [4.69, 9.17) is 5.73 Å². The van der Waals surface area contributed by atoms with E-state index in [1.54, 1.807) is 0 Å². The van der Waals surface area contributed by atoms with Gasteiger partial charge in [-0.3, -0.25) is 4.79 Å². The lowest BCUT2D eigenvalue weighted by molar-refractivity contribution is -0.121. The van der Waals surface area contributed by atoms with Gasteiger partial charge in [0.05, 0.1) is 6.42 Å². The van der Waals surface area contributed by atoms with Gasteiger partial charge in [0, 0.05) is 11.7 Å². The summed E-state index contributed by atoms with van der Waals surface area (Å²) in [7, 11) is 0. The van der Waals surface area contributed by atoms with Crippen LogP contribution in [0.25, 0.3) is 0 Å². The first-order valence-electron chi connectivity index (χ1n) is 7.91. The Bertz CT molecular complexity index is 430. The van der Waals surface area contributed by atoms with Gasteiger partial charge in [-0.1, -0.05) is 32.0 Å². The van der Waals surface area contributed by atoms with Crippen LogP contribution >= 0.6 is 0 Å². The minimum Gasteiger partial charge on any atom is -0.398 e. The molecule has 1 aromatic rings. The highest BCUT2D eigenvalue weighted by Crippen LogP contribution is 2.11. The fourth-order valence-corrected chi connectivity index (χ4v) is 2.43. The molecule has 0 bridgehead atoms. The fourth-order valence-electron chi connectivity index (χ4n) is 2.43. The van der Waals surface area contributed by atoms with Crippen molar-refractivity contribution in [3.8, 4) is 0 Å². The first kappa shape index (κ1) is 17.5. The molecule has 0 spiro atoms. The number of benzene rings is 1. The maximum atomic E-state index is 12.0. The number of anilines is 1. The molecule has 0 aliphatic rings. The molecule has 0 aliphatic carbocycles. The predicted octanol–water partition coefficient (Wildman–Crippen LogP) is 2.44. The van der Waals surface area contributed by atoms with Crippen molar-refractivity contribution in [2.45, 2.75) is 46.1 Å². The largest absolute Gasteiger partial charge is 0.398 e. The summed E-state index contributed by atoms with van der Waals surface area (Å²) < 4.78 is 0. The number of rotatable bonds is 9. The normalized spacial score (nSPS) is 12.4. The van der Waals surface area contributed by atoms with E-state index in [0.29, 0.717) is 12.1 Å². The molecule has 4 nitrogen and oxygen atoms in total. The van der Waals surface area contributed by atoms with E-state index in [1.807, 2.05) is 24.3 Å². The van der Waals surface area contributed by atoms with Crippen LogP contribution < -0.4 is 11.1 Å². The highest BCUT2D eigenvalue weighted by Gasteiger charge is 2.10. The van der Waals surface area contributed by atoms with Crippen LogP contribution in [0, 0.1) is 0 Å². The van der Waals surface area contributed by atoms with Crippen molar-refractivity contribution in [3.63, 3.8) is 0 Å². The van der Waals surface area contributed by atoms with E-state index in [-0.39, 0.29) is 11.9 Å². The van der Waals surface area contributed by atoms with Gasteiger partial charge in [0.1, 0.15) is 0 Å².